The van der Waals surface area contributed by atoms with Crippen molar-refractivity contribution in [1.82, 2.24) is 0 Å². The van der Waals surface area contributed by atoms with E-state index in [9.17, 15) is 4.39 Å². The summed E-state index contributed by atoms with van der Waals surface area (Å²) in [7, 11) is 0. The second-order valence-corrected chi connectivity index (χ2v) is 7.58. The maximum absolute atomic E-state index is 14.3. The van der Waals surface area contributed by atoms with Crippen LogP contribution in [-0.4, -0.2) is 6.61 Å². The van der Waals surface area contributed by atoms with E-state index in [2.05, 4.69) is 44.7 Å². The summed E-state index contributed by atoms with van der Waals surface area (Å²) in [6.45, 7) is 7.31. The molecule has 0 bridgehead atoms. The Morgan fingerprint density at radius 2 is 1.71 bits per heavy atom. The van der Waals surface area contributed by atoms with Gasteiger partial charge < -0.3 is 4.74 Å². The molecule has 150 valence electrons. The molecule has 0 radical (unpaired) electrons. The van der Waals surface area contributed by atoms with Crippen LogP contribution >= 0.6 is 0 Å². The first-order chi connectivity index (χ1) is 13.6. The van der Waals surface area contributed by atoms with Crippen molar-refractivity contribution < 1.29 is 9.13 Å². The molecule has 1 unspecified atom stereocenters. The van der Waals surface area contributed by atoms with Crippen LogP contribution in [0, 0.1) is 23.6 Å². The molecular weight excluding hydrogens is 347 g/mol. The molecule has 2 aromatic carbocycles. The molecular formula is C26H33FO. The number of unbranched alkanes of at least 4 members (excludes halogenated alkanes) is 1. The third-order valence-corrected chi connectivity index (χ3v) is 4.95. The van der Waals surface area contributed by atoms with Crippen LogP contribution < -0.4 is 4.74 Å². The van der Waals surface area contributed by atoms with Gasteiger partial charge in [-0.1, -0.05) is 64.0 Å². The molecule has 0 amide bonds. The molecule has 0 aromatic heterocycles. The molecule has 2 aromatic rings. The van der Waals surface area contributed by atoms with Gasteiger partial charge in [0.25, 0.3) is 0 Å². The van der Waals surface area contributed by atoms with Gasteiger partial charge in [-0.15, -0.1) is 0 Å². The minimum atomic E-state index is -0.330. The van der Waals surface area contributed by atoms with Gasteiger partial charge in [-0.3, -0.25) is 0 Å². The minimum absolute atomic E-state index is 0.330. The zero-order valence-electron chi connectivity index (χ0n) is 17.6. The molecule has 0 saturated heterocycles. The molecule has 0 saturated carbocycles. The van der Waals surface area contributed by atoms with Gasteiger partial charge in [-0.2, -0.15) is 0 Å². The highest BCUT2D eigenvalue weighted by molar-refractivity contribution is 5.45. The molecule has 0 N–H and O–H groups in total. The van der Waals surface area contributed by atoms with Crippen molar-refractivity contribution in [1.29, 1.82) is 0 Å². The van der Waals surface area contributed by atoms with Crippen molar-refractivity contribution in [3.63, 3.8) is 0 Å². The number of hydrogen-bond acceptors (Lipinski definition) is 1. The van der Waals surface area contributed by atoms with Crippen LogP contribution in [0.2, 0.25) is 0 Å². The first-order valence-corrected chi connectivity index (χ1v) is 10.7. The SMILES string of the molecule is CCCCc1ccc(C#Cc2ccc(OCCCC(C)CCC)cc2F)cc1. The molecule has 1 nitrogen and oxygen atoms in total. The third kappa shape index (κ3) is 7.77. The van der Waals surface area contributed by atoms with Crippen molar-refractivity contribution >= 4 is 0 Å². The van der Waals surface area contributed by atoms with Gasteiger partial charge in [0.15, 0.2) is 0 Å². The normalized spacial score (nSPS) is 11.6. The first kappa shape index (κ1) is 22.0. The molecule has 0 aliphatic heterocycles. The van der Waals surface area contributed by atoms with E-state index in [1.54, 1.807) is 12.1 Å². The number of ether oxygens (including phenoxy) is 1. The van der Waals surface area contributed by atoms with Crippen molar-refractivity contribution in [3.8, 4) is 17.6 Å². The highest BCUT2D eigenvalue weighted by atomic mass is 19.1. The Kier molecular flexibility index (Phi) is 9.63. The average molecular weight is 381 g/mol. The minimum Gasteiger partial charge on any atom is -0.493 e. The van der Waals surface area contributed by atoms with E-state index in [1.165, 1.54) is 37.3 Å². The molecule has 0 aliphatic carbocycles. The summed E-state index contributed by atoms with van der Waals surface area (Å²) in [4.78, 5) is 0. The fraction of sp³-hybridized carbons (Fsp3) is 0.462. The van der Waals surface area contributed by atoms with Crippen molar-refractivity contribution in [2.45, 2.75) is 65.7 Å². The summed E-state index contributed by atoms with van der Waals surface area (Å²) in [5.41, 5.74) is 2.63. The maximum Gasteiger partial charge on any atom is 0.142 e. The van der Waals surface area contributed by atoms with Gasteiger partial charge in [-0.25, -0.2) is 4.39 Å². The Morgan fingerprint density at radius 3 is 2.39 bits per heavy atom. The van der Waals surface area contributed by atoms with Crippen LogP contribution in [0.25, 0.3) is 0 Å². The van der Waals surface area contributed by atoms with Crippen molar-refractivity contribution in [2.24, 2.45) is 5.92 Å². The summed E-state index contributed by atoms with van der Waals surface area (Å²) in [5.74, 6) is 6.96. The fourth-order valence-electron chi connectivity index (χ4n) is 3.22. The van der Waals surface area contributed by atoms with Crippen molar-refractivity contribution in [3.05, 3.63) is 65.0 Å². The molecule has 1 atom stereocenters. The zero-order valence-corrected chi connectivity index (χ0v) is 17.6. The predicted molar refractivity (Wildman–Crippen MR) is 116 cm³/mol. The molecule has 0 heterocycles. The zero-order chi connectivity index (χ0) is 20.2. The smallest absolute Gasteiger partial charge is 0.142 e. The van der Waals surface area contributed by atoms with E-state index in [4.69, 9.17) is 4.74 Å². The van der Waals surface area contributed by atoms with Crippen LogP contribution in [0.15, 0.2) is 42.5 Å². The topological polar surface area (TPSA) is 9.23 Å². The average Bonchev–Trinajstić information content (AvgIpc) is 2.70. The van der Waals surface area contributed by atoms with Gasteiger partial charge in [0.2, 0.25) is 0 Å². The predicted octanol–water partition coefficient (Wildman–Crippen LogP) is 7.16. The van der Waals surface area contributed by atoms with Crippen LogP contribution in [0.3, 0.4) is 0 Å². The summed E-state index contributed by atoms with van der Waals surface area (Å²) in [6, 6.07) is 13.2. The monoisotopic (exact) mass is 380 g/mol. The Morgan fingerprint density at radius 1 is 0.929 bits per heavy atom. The Hall–Kier alpha value is -2.27. The first-order valence-electron chi connectivity index (χ1n) is 10.7. The summed E-state index contributed by atoms with van der Waals surface area (Å²) in [5, 5.41) is 0. The quantitative estimate of drug-likeness (QED) is 0.314. The molecule has 28 heavy (non-hydrogen) atoms. The van der Waals surface area contributed by atoms with E-state index in [0.717, 1.165) is 30.7 Å². The molecule has 0 spiro atoms. The summed E-state index contributed by atoms with van der Waals surface area (Å²) in [6.07, 6.45) is 8.11. The second kappa shape index (κ2) is 12.2. The number of hydrogen-bond donors (Lipinski definition) is 0. The van der Waals surface area contributed by atoms with Crippen LogP contribution in [-0.2, 0) is 6.42 Å². The number of rotatable bonds is 10. The van der Waals surface area contributed by atoms with Crippen LogP contribution in [0.5, 0.6) is 5.75 Å². The van der Waals surface area contributed by atoms with E-state index in [-0.39, 0.29) is 5.82 Å². The molecule has 2 rings (SSSR count). The van der Waals surface area contributed by atoms with Crippen LogP contribution in [0.1, 0.15) is 76.0 Å². The lowest BCUT2D eigenvalue weighted by Gasteiger charge is -2.10. The van der Waals surface area contributed by atoms with Crippen LogP contribution in [0.4, 0.5) is 4.39 Å². The molecule has 0 fully saturated rings. The number of halogens is 1. The Bertz CT molecular complexity index is 767. The van der Waals surface area contributed by atoms with Crippen molar-refractivity contribution in [2.75, 3.05) is 6.61 Å². The second-order valence-electron chi connectivity index (χ2n) is 7.58. The lowest BCUT2D eigenvalue weighted by Crippen LogP contribution is -2.02. The van der Waals surface area contributed by atoms with Gasteiger partial charge in [0, 0.05) is 11.6 Å². The van der Waals surface area contributed by atoms with E-state index in [1.807, 2.05) is 12.1 Å². The van der Waals surface area contributed by atoms with E-state index >= 15 is 0 Å². The number of benzene rings is 2. The lowest BCUT2D eigenvalue weighted by atomic mass is 10.0. The van der Waals surface area contributed by atoms with Gasteiger partial charge >= 0.3 is 0 Å². The van der Waals surface area contributed by atoms with E-state index in [0.29, 0.717) is 17.9 Å². The highest BCUT2D eigenvalue weighted by Crippen LogP contribution is 2.18. The Labute approximate surface area is 170 Å². The fourth-order valence-corrected chi connectivity index (χ4v) is 3.22. The van der Waals surface area contributed by atoms with Gasteiger partial charge in [-0.05, 0) is 61.4 Å². The molecule has 0 aliphatic rings. The largest absolute Gasteiger partial charge is 0.493 e. The van der Waals surface area contributed by atoms with Gasteiger partial charge in [0.05, 0.1) is 12.2 Å². The number of aryl methyl sites for hydroxylation is 1. The summed E-state index contributed by atoms with van der Waals surface area (Å²) < 4.78 is 20.0. The van der Waals surface area contributed by atoms with E-state index < -0.39 is 0 Å². The summed E-state index contributed by atoms with van der Waals surface area (Å²) >= 11 is 0. The Balaban J connectivity index is 1.88. The lowest BCUT2D eigenvalue weighted by molar-refractivity contribution is 0.291. The highest BCUT2D eigenvalue weighted by Gasteiger charge is 2.04. The van der Waals surface area contributed by atoms with Gasteiger partial charge in [0.1, 0.15) is 11.6 Å². The molecule has 2 heteroatoms. The third-order valence-electron chi connectivity index (χ3n) is 4.95. The standard InChI is InChI=1S/C26H33FO/c1-4-6-10-22-11-13-23(14-12-22)15-16-24-17-18-25(20-26(24)27)28-19-7-9-21(3)8-5-2/h11-14,17-18,20-21H,4-10,19H2,1-3H3. The maximum atomic E-state index is 14.3.